The third kappa shape index (κ3) is 5.50. The lowest BCUT2D eigenvalue weighted by molar-refractivity contribution is 0.169. The standard InChI is InChI=1S/C15H13Cl2NO2S/c16-13-7-6-11(10-14(13)17)18-15(19)20-8-9-21-12-4-2-1-3-5-12/h1-7,10H,8-9H2,(H,18,19). The zero-order valence-electron chi connectivity index (χ0n) is 11.0. The van der Waals surface area contributed by atoms with Gasteiger partial charge < -0.3 is 4.74 Å². The molecule has 3 nitrogen and oxygen atoms in total. The first-order valence-electron chi connectivity index (χ1n) is 6.22. The van der Waals surface area contributed by atoms with Crippen LogP contribution in [0.5, 0.6) is 0 Å². The first kappa shape index (κ1) is 16.0. The van der Waals surface area contributed by atoms with Crippen molar-refractivity contribution in [2.45, 2.75) is 4.90 Å². The Bertz CT molecular complexity index is 608. The van der Waals surface area contributed by atoms with Gasteiger partial charge in [-0.25, -0.2) is 4.79 Å². The van der Waals surface area contributed by atoms with Crippen molar-refractivity contribution in [3.05, 3.63) is 58.6 Å². The minimum Gasteiger partial charge on any atom is -0.448 e. The summed E-state index contributed by atoms with van der Waals surface area (Å²) in [6, 6.07) is 14.8. The van der Waals surface area contributed by atoms with Crippen LogP contribution >= 0.6 is 35.0 Å². The van der Waals surface area contributed by atoms with Gasteiger partial charge in [0.15, 0.2) is 0 Å². The normalized spacial score (nSPS) is 10.2. The molecule has 1 amide bonds. The Kier molecular flexibility index (Phi) is 6.23. The van der Waals surface area contributed by atoms with Crippen LogP contribution in [0.2, 0.25) is 10.0 Å². The van der Waals surface area contributed by atoms with Crippen LogP contribution < -0.4 is 5.32 Å². The lowest BCUT2D eigenvalue weighted by Gasteiger charge is -2.07. The van der Waals surface area contributed by atoms with Gasteiger partial charge >= 0.3 is 6.09 Å². The van der Waals surface area contributed by atoms with Gasteiger partial charge in [-0.05, 0) is 30.3 Å². The maximum atomic E-state index is 11.6. The lowest BCUT2D eigenvalue weighted by atomic mass is 10.3. The van der Waals surface area contributed by atoms with Crippen molar-refractivity contribution < 1.29 is 9.53 Å². The minimum atomic E-state index is -0.512. The van der Waals surface area contributed by atoms with E-state index in [-0.39, 0.29) is 0 Å². The molecule has 0 aliphatic heterocycles. The van der Waals surface area contributed by atoms with Gasteiger partial charge in [-0.2, -0.15) is 0 Å². The van der Waals surface area contributed by atoms with E-state index in [2.05, 4.69) is 5.32 Å². The molecule has 6 heteroatoms. The fourth-order valence-electron chi connectivity index (χ4n) is 1.54. The molecule has 0 aromatic heterocycles. The third-order valence-electron chi connectivity index (χ3n) is 2.49. The topological polar surface area (TPSA) is 38.3 Å². The zero-order valence-corrected chi connectivity index (χ0v) is 13.3. The average molecular weight is 342 g/mol. The molecule has 0 spiro atoms. The highest BCUT2D eigenvalue weighted by Crippen LogP contribution is 2.25. The largest absolute Gasteiger partial charge is 0.448 e. The maximum absolute atomic E-state index is 11.6. The van der Waals surface area contributed by atoms with Crippen molar-refractivity contribution in [2.24, 2.45) is 0 Å². The number of nitrogens with one attached hydrogen (secondary N) is 1. The van der Waals surface area contributed by atoms with Crippen LogP contribution in [0.1, 0.15) is 0 Å². The number of carbonyl (C=O) groups excluding carboxylic acids is 1. The summed E-state index contributed by atoms with van der Waals surface area (Å²) in [7, 11) is 0. The Morgan fingerprint density at radius 2 is 1.86 bits per heavy atom. The fourth-order valence-corrected chi connectivity index (χ4v) is 2.59. The first-order valence-corrected chi connectivity index (χ1v) is 7.96. The van der Waals surface area contributed by atoms with Crippen LogP contribution in [0.4, 0.5) is 10.5 Å². The van der Waals surface area contributed by atoms with Crippen LogP contribution in [0.3, 0.4) is 0 Å². The van der Waals surface area contributed by atoms with E-state index in [1.54, 1.807) is 30.0 Å². The van der Waals surface area contributed by atoms with Gasteiger partial charge in [-0.3, -0.25) is 5.32 Å². The minimum absolute atomic E-state index is 0.326. The molecule has 0 aliphatic rings. The molecule has 0 heterocycles. The number of carbonyl (C=O) groups is 1. The Labute approximate surface area is 137 Å². The van der Waals surface area contributed by atoms with E-state index in [1.807, 2.05) is 30.3 Å². The van der Waals surface area contributed by atoms with Crippen LogP contribution in [-0.2, 0) is 4.74 Å². The molecule has 1 N–H and O–H groups in total. The predicted octanol–water partition coefficient (Wildman–Crippen LogP) is 5.33. The number of hydrogen-bond donors (Lipinski definition) is 1. The van der Waals surface area contributed by atoms with E-state index in [4.69, 9.17) is 27.9 Å². The second-order valence-electron chi connectivity index (χ2n) is 4.05. The number of thioether (sulfide) groups is 1. The number of rotatable bonds is 5. The lowest BCUT2D eigenvalue weighted by Crippen LogP contribution is -2.15. The van der Waals surface area contributed by atoms with Crippen LogP contribution in [0, 0.1) is 0 Å². The summed E-state index contributed by atoms with van der Waals surface area (Å²) in [6.07, 6.45) is -0.512. The number of ether oxygens (including phenoxy) is 1. The SMILES string of the molecule is O=C(Nc1ccc(Cl)c(Cl)c1)OCCSc1ccccc1. The molecular formula is C15H13Cl2NO2S. The molecule has 21 heavy (non-hydrogen) atoms. The van der Waals surface area contributed by atoms with Crippen molar-refractivity contribution >= 4 is 46.7 Å². The molecule has 0 bridgehead atoms. The first-order chi connectivity index (χ1) is 10.1. The summed E-state index contributed by atoms with van der Waals surface area (Å²) >= 11 is 13.3. The van der Waals surface area contributed by atoms with Gasteiger partial charge in [0.1, 0.15) is 6.61 Å². The highest BCUT2D eigenvalue weighted by atomic mass is 35.5. The van der Waals surface area contributed by atoms with E-state index in [9.17, 15) is 4.79 Å². The second kappa shape index (κ2) is 8.17. The molecule has 0 saturated carbocycles. The van der Waals surface area contributed by atoms with Crippen molar-refractivity contribution in [1.29, 1.82) is 0 Å². The number of benzene rings is 2. The van der Waals surface area contributed by atoms with Gasteiger partial charge in [0, 0.05) is 16.3 Å². The molecule has 0 aliphatic carbocycles. The fraction of sp³-hybridized carbons (Fsp3) is 0.133. The highest BCUT2D eigenvalue weighted by molar-refractivity contribution is 7.99. The molecular weight excluding hydrogens is 329 g/mol. The van der Waals surface area contributed by atoms with Crippen LogP contribution in [0.25, 0.3) is 0 Å². The number of halogens is 2. The summed E-state index contributed by atoms with van der Waals surface area (Å²) in [5.74, 6) is 0.693. The Hall–Kier alpha value is -1.36. The molecule has 0 atom stereocenters. The third-order valence-corrected chi connectivity index (χ3v) is 4.21. The smallest absolute Gasteiger partial charge is 0.411 e. The summed E-state index contributed by atoms with van der Waals surface area (Å²) in [5, 5.41) is 3.42. The van der Waals surface area contributed by atoms with E-state index >= 15 is 0 Å². The predicted molar refractivity (Wildman–Crippen MR) is 88.6 cm³/mol. The van der Waals surface area contributed by atoms with Crippen molar-refractivity contribution in [3.63, 3.8) is 0 Å². The molecule has 2 aromatic carbocycles. The van der Waals surface area contributed by atoms with E-state index < -0.39 is 6.09 Å². The van der Waals surface area contributed by atoms with Gasteiger partial charge in [-0.1, -0.05) is 41.4 Å². The monoisotopic (exact) mass is 341 g/mol. The molecule has 0 unspecified atom stereocenters. The Morgan fingerprint density at radius 1 is 1.10 bits per heavy atom. The molecule has 0 fully saturated rings. The van der Waals surface area contributed by atoms with E-state index in [1.165, 1.54) is 0 Å². The van der Waals surface area contributed by atoms with Crippen molar-refractivity contribution in [2.75, 3.05) is 17.7 Å². The molecule has 0 saturated heterocycles. The highest BCUT2D eigenvalue weighted by Gasteiger charge is 2.05. The van der Waals surface area contributed by atoms with Crippen molar-refractivity contribution in [3.8, 4) is 0 Å². The van der Waals surface area contributed by atoms with Gasteiger partial charge in [0.25, 0.3) is 0 Å². The molecule has 110 valence electrons. The van der Waals surface area contributed by atoms with E-state index in [0.717, 1.165) is 4.90 Å². The zero-order chi connectivity index (χ0) is 15.1. The number of amides is 1. The van der Waals surface area contributed by atoms with E-state index in [0.29, 0.717) is 28.1 Å². The van der Waals surface area contributed by atoms with Gasteiger partial charge in [0.2, 0.25) is 0 Å². The Morgan fingerprint density at radius 3 is 2.57 bits per heavy atom. The quantitative estimate of drug-likeness (QED) is 0.589. The second-order valence-corrected chi connectivity index (χ2v) is 6.03. The maximum Gasteiger partial charge on any atom is 0.411 e. The Balaban J connectivity index is 1.71. The number of hydrogen-bond acceptors (Lipinski definition) is 3. The van der Waals surface area contributed by atoms with Crippen LogP contribution in [0.15, 0.2) is 53.4 Å². The summed E-state index contributed by atoms with van der Waals surface area (Å²) < 4.78 is 5.09. The molecule has 2 aromatic rings. The average Bonchev–Trinajstić information content (AvgIpc) is 2.49. The van der Waals surface area contributed by atoms with Gasteiger partial charge in [-0.15, -0.1) is 11.8 Å². The summed E-state index contributed by atoms with van der Waals surface area (Å²) in [6.45, 7) is 0.326. The summed E-state index contributed by atoms with van der Waals surface area (Å²) in [5.41, 5.74) is 0.546. The van der Waals surface area contributed by atoms with Gasteiger partial charge in [0.05, 0.1) is 10.0 Å². The molecule has 0 radical (unpaired) electrons. The summed E-state index contributed by atoms with van der Waals surface area (Å²) in [4.78, 5) is 12.7. The number of anilines is 1. The molecule has 2 rings (SSSR count). The van der Waals surface area contributed by atoms with Crippen molar-refractivity contribution in [1.82, 2.24) is 0 Å². The van der Waals surface area contributed by atoms with Crippen LogP contribution in [-0.4, -0.2) is 18.5 Å².